The maximum atomic E-state index is 12.5. The Bertz CT molecular complexity index is 789. The maximum Gasteiger partial charge on any atom is 0.306 e. The highest BCUT2D eigenvalue weighted by molar-refractivity contribution is 7.89. The van der Waals surface area contributed by atoms with Crippen molar-refractivity contribution in [3.8, 4) is 0 Å². The molecular weight excluding hydrogens is 392 g/mol. The van der Waals surface area contributed by atoms with Crippen LogP contribution in [0.2, 0.25) is 0 Å². The van der Waals surface area contributed by atoms with Crippen molar-refractivity contribution in [2.45, 2.75) is 31.6 Å². The van der Waals surface area contributed by atoms with Crippen molar-refractivity contribution in [2.24, 2.45) is 0 Å². The number of aryl methyl sites for hydroxylation is 1. The SMILES string of the molecule is C=CCN(CC=C)C(=O)COC(=O)CCc1ccc(S(=O)(=O)N(CC)CC)cc1. The minimum Gasteiger partial charge on any atom is -0.456 e. The molecule has 0 bridgehead atoms. The van der Waals surface area contributed by atoms with Crippen molar-refractivity contribution < 1.29 is 22.7 Å². The molecule has 0 saturated heterocycles. The van der Waals surface area contributed by atoms with Gasteiger partial charge in [0, 0.05) is 32.6 Å². The molecule has 0 unspecified atom stereocenters. The summed E-state index contributed by atoms with van der Waals surface area (Å²) in [5, 5.41) is 0. The number of rotatable bonds is 13. The van der Waals surface area contributed by atoms with Crippen LogP contribution in [0.25, 0.3) is 0 Å². The second-order valence-corrected chi connectivity index (χ2v) is 8.21. The van der Waals surface area contributed by atoms with Crippen LogP contribution in [0, 0.1) is 0 Å². The first-order valence-corrected chi connectivity index (χ1v) is 11.0. The number of ether oxygens (including phenoxy) is 1. The lowest BCUT2D eigenvalue weighted by atomic mass is 10.1. The van der Waals surface area contributed by atoms with E-state index in [-0.39, 0.29) is 23.8 Å². The summed E-state index contributed by atoms with van der Waals surface area (Å²) >= 11 is 0. The van der Waals surface area contributed by atoms with Gasteiger partial charge >= 0.3 is 5.97 Å². The van der Waals surface area contributed by atoms with Gasteiger partial charge in [-0.05, 0) is 24.1 Å². The minimum absolute atomic E-state index is 0.0956. The molecule has 1 rings (SSSR count). The number of esters is 1. The van der Waals surface area contributed by atoms with E-state index >= 15 is 0 Å². The van der Waals surface area contributed by atoms with Gasteiger partial charge in [0.1, 0.15) is 0 Å². The van der Waals surface area contributed by atoms with Crippen LogP contribution < -0.4 is 0 Å². The average Bonchev–Trinajstić information content (AvgIpc) is 2.71. The van der Waals surface area contributed by atoms with E-state index in [1.165, 1.54) is 9.21 Å². The normalized spacial score (nSPS) is 11.1. The van der Waals surface area contributed by atoms with E-state index in [1.54, 1.807) is 50.3 Å². The van der Waals surface area contributed by atoms with Gasteiger partial charge in [0.15, 0.2) is 6.61 Å². The third-order valence-electron chi connectivity index (χ3n) is 4.29. The highest BCUT2D eigenvalue weighted by Crippen LogP contribution is 2.17. The topological polar surface area (TPSA) is 84.0 Å². The number of hydrogen-bond acceptors (Lipinski definition) is 5. The Hall–Kier alpha value is -2.45. The predicted molar refractivity (Wildman–Crippen MR) is 113 cm³/mol. The molecule has 0 spiro atoms. The van der Waals surface area contributed by atoms with E-state index in [0.29, 0.717) is 32.6 Å². The second-order valence-electron chi connectivity index (χ2n) is 6.27. The van der Waals surface area contributed by atoms with Gasteiger partial charge in [-0.3, -0.25) is 9.59 Å². The van der Waals surface area contributed by atoms with E-state index in [1.807, 2.05) is 0 Å². The highest BCUT2D eigenvalue weighted by atomic mass is 32.2. The molecule has 7 nitrogen and oxygen atoms in total. The zero-order valence-electron chi connectivity index (χ0n) is 17.2. The summed E-state index contributed by atoms with van der Waals surface area (Å²) < 4.78 is 31.4. The van der Waals surface area contributed by atoms with Crippen LogP contribution in [-0.4, -0.2) is 62.3 Å². The standard InChI is InChI=1S/C21H30N2O5S/c1-5-15-22(16-6-2)20(24)17-28-21(25)14-11-18-9-12-19(13-10-18)29(26,27)23(7-3)8-4/h5-6,9-10,12-13H,1-2,7-8,11,14-17H2,3-4H3. The number of carbonyl (C=O) groups is 2. The van der Waals surface area contributed by atoms with Gasteiger partial charge in [-0.1, -0.05) is 38.1 Å². The Labute approximate surface area is 173 Å². The number of hydrogen-bond donors (Lipinski definition) is 0. The van der Waals surface area contributed by atoms with Crippen LogP contribution in [0.3, 0.4) is 0 Å². The van der Waals surface area contributed by atoms with Crippen molar-refractivity contribution in [3.63, 3.8) is 0 Å². The predicted octanol–water partition coefficient (Wildman–Crippen LogP) is 2.39. The van der Waals surface area contributed by atoms with Gasteiger partial charge in [0.25, 0.3) is 5.91 Å². The van der Waals surface area contributed by atoms with Gasteiger partial charge < -0.3 is 9.64 Å². The van der Waals surface area contributed by atoms with Gasteiger partial charge in [-0.2, -0.15) is 4.31 Å². The first-order valence-electron chi connectivity index (χ1n) is 9.54. The molecule has 0 saturated carbocycles. The van der Waals surface area contributed by atoms with Crippen molar-refractivity contribution in [1.82, 2.24) is 9.21 Å². The first-order chi connectivity index (χ1) is 13.8. The van der Waals surface area contributed by atoms with Gasteiger partial charge in [-0.15, -0.1) is 13.2 Å². The Morgan fingerprint density at radius 2 is 1.59 bits per heavy atom. The lowest BCUT2D eigenvalue weighted by molar-refractivity contribution is -0.151. The Morgan fingerprint density at radius 3 is 2.07 bits per heavy atom. The lowest BCUT2D eigenvalue weighted by Gasteiger charge is -2.19. The molecule has 0 N–H and O–H groups in total. The summed E-state index contributed by atoms with van der Waals surface area (Å²) in [6.07, 6.45) is 3.67. The second kappa shape index (κ2) is 12.2. The molecule has 8 heteroatoms. The summed E-state index contributed by atoms with van der Waals surface area (Å²) in [6.45, 7) is 11.9. The molecule has 1 aromatic rings. The molecule has 0 heterocycles. The van der Waals surface area contributed by atoms with Gasteiger partial charge in [-0.25, -0.2) is 8.42 Å². The fraction of sp³-hybridized carbons (Fsp3) is 0.429. The molecule has 0 aromatic heterocycles. The molecule has 1 amide bonds. The number of nitrogens with zero attached hydrogens (tertiary/aromatic N) is 2. The smallest absolute Gasteiger partial charge is 0.306 e. The molecular formula is C21H30N2O5S. The van der Waals surface area contributed by atoms with Crippen LogP contribution in [0.15, 0.2) is 54.5 Å². The van der Waals surface area contributed by atoms with Crippen molar-refractivity contribution >= 4 is 21.9 Å². The average molecular weight is 423 g/mol. The quantitative estimate of drug-likeness (QED) is 0.360. The zero-order chi connectivity index (χ0) is 21.9. The van der Waals surface area contributed by atoms with E-state index in [4.69, 9.17) is 4.74 Å². The maximum absolute atomic E-state index is 12.5. The molecule has 160 valence electrons. The van der Waals surface area contributed by atoms with Crippen molar-refractivity contribution in [2.75, 3.05) is 32.8 Å². The molecule has 0 aliphatic carbocycles. The van der Waals surface area contributed by atoms with E-state index in [0.717, 1.165) is 5.56 Å². The lowest BCUT2D eigenvalue weighted by Crippen LogP contribution is -2.35. The van der Waals surface area contributed by atoms with Crippen LogP contribution in [0.4, 0.5) is 0 Å². The Balaban J connectivity index is 2.57. The molecule has 29 heavy (non-hydrogen) atoms. The number of carbonyl (C=O) groups excluding carboxylic acids is 2. The van der Waals surface area contributed by atoms with Crippen molar-refractivity contribution in [1.29, 1.82) is 0 Å². The monoisotopic (exact) mass is 422 g/mol. The van der Waals surface area contributed by atoms with E-state index < -0.39 is 16.0 Å². The molecule has 0 aliphatic rings. The summed E-state index contributed by atoms with van der Waals surface area (Å²) in [5.74, 6) is -0.806. The third kappa shape index (κ3) is 7.47. The molecule has 0 atom stereocenters. The van der Waals surface area contributed by atoms with Gasteiger partial charge in [0.05, 0.1) is 4.90 Å². The summed E-state index contributed by atoms with van der Waals surface area (Å²) in [5.41, 5.74) is 0.812. The first kappa shape index (κ1) is 24.6. The molecule has 0 aliphatic heterocycles. The highest BCUT2D eigenvalue weighted by Gasteiger charge is 2.21. The molecule has 0 fully saturated rings. The third-order valence-corrected chi connectivity index (χ3v) is 6.36. The summed E-state index contributed by atoms with van der Waals surface area (Å²) in [7, 11) is -3.50. The largest absolute Gasteiger partial charge is 0.456 e. The summed E-state index contributed by atoms with van der Waals surface area (Å²) in [6, 6.07) is 6.45. The fourth-order valence-electron chi connectivity index (χ4n) is 2.68. The van der Waals surface area contributed by atoms with Crippen molar-refractivity contribution in [3.05, 3.63) is 55.1 Å². The van der Waals surface area contributed by atoms with Crippen LogP contribution >= 0.6 is 0 Å². The molecule has 0 radical (unpaired) electrons. The molecule has 1 aromatic carbocycles. The number of amides is 1. The van der Waals surface area contributed by atoms with Crippen LogP contribution in [0.1, 0.15) is 25.8 Å². The Kier molecular flexibility index (Phi) is 10.3. The van der Waals surface area contributed by atoms with Crippen LogP contribution in [0.5, 0.6) is 0 Å². The number of benzene rings is 1. The van der Waals surface area contributed by atoms with Crippen LogP contribution in [-0.2, 0) is 30.8 Å². The fourth-order valence-corrected chi connectivity index (χ4v) is 4.14. The zero-order valence-corrected chi connectivity index (χ0v) is 18.0. The number of sulfonamides is 1. The summed E-state index contributed by atoms with van der Waals surface area (Å²) in [4.78, 5) is 25.6. The van der Waals surface area contributed by atoms with Gasteiger partial charge in [0.2, 0.25) is 10.0 Å². The van der Waals surface area contributed by atoms with E-state index in [2.05, 4.69) is 13.2 Å². The van der Waals surface area contributed by atoms with E-state index in [9.17, 15) is 18.0 Å². The minimum atomic E-state index is -3.50. The Morgan fingerprint density at radius 1 is 1.03 bits per heavy atom.